The Labute approximate surface area is 192 Å². The van der Waals surface area contributed by atoms with Crippen LogP contribution >= 0.6 is 11.8 Å². The lowest BCUT2D eigenvalue weighted by Gasteiger charge is -2.28. The highest BCUT2D eigenvalue weighted by Gasteiger charge is 2.17. The molecule has 0 unspecified atom stereocenters. The number of hydrogen-bond acceptors (Lipinski definition) is 8. The molecular formula is C24H28N4O3S. The molecule has 0 aliphatic carbocycles. The Bertz CT molecular complexity index is 1070. The molecule has 1 N–H and O–H groups in total. The lowest BCUT2D eigenvalue weighted by Crippen LogP contribution is -2.43. The first-order valence-corrected chi connectivity index (χ1v) is 11.9. The van der Waals surface area contributed by atoms with Gasteiger partial charge in [0, 0.05) is 54.4 Å². The Morgan fingerprint density at radius 1 is 1.12 bits per heavy atom. The first-order valence-electron chi connectivity index (χ1n) is 11.0. The molecule has 0 spiro atoms. The van der Waals surface area contributed by atoms with Gasteiger partial charge < -0.3 is 19.7 Å². The summed E-state index contributed by atoms with van der Waals surface area (Å²) in [6.45, 7) is 8.53. The van der Waals surface area contributed by atoms with Crippen molar-refractivity contribution in [2.75, 3.05) is 43.4 Å². The van der Waals surface area contributed by atoms with Crippen LogP contribution in [0.25, 0.3) is 10.9 Å². The largest absolute Gasteiger partial charge is 0.489 e. The van der Waals surface area contributed by atoms with E-state index >= 15 is 0 Å². The highest BCUT2D eigenvalue weighted by Crippen LogP contribution is 2.33. The monoisotopic (exact) mass is 452 g/mol. The second-order valence-corrected chi connectivity index (χ2v) is 8.66. The fourth-order valence-corrected chi connectivity index (χ4v) is 4.54. The van der Waals surface area contributed by atoms with E-state index in [1.165, 1.54) is 0 Å². The lowest BCUT2D eigenvalue weighted by molar-refractivity contribution is 0.0522. The minimum absolute atomic E-state index is 0.331. The van der Waals surface area contributed by atoms with Gasteiger partial charge in [0.1, 0.15) is 18.2 Å². The summed E-state index contributed by atoms with van der Waals surface area (Å²) in [5.74, 6) is 2.21. The van der Waals surface area contributed by atoms with Gasteiger partial charge in [0.15, 0.2) is 0 Å². The third kappa shape index (κ3) is 5.14. The number of esters is 1. The first-order chi connectivity index (χ1) is 15.7. The number of fused-ring (bicyclic) bond motifs is 1. The summed E-state index contributed by atoms with van der Waals surface area (Å²) in [4.78, 5) is 24.6. The highest BCUT2D eigenvalue weighted by atomic mass is 32.2. The quantitative estimate of drug-likeness (QED) is 0.407. The number of nitrogens with zero attached hydrogens (tertiary/aromatic N) is 3. The van der Waals surface area contributed by atoms with Crippen LogP contribution in [0.2, 0.25) is 0 Å². The predicted octanol–water partition coefficient (Wildman–Crippen LogP) is 3.91. The number of thioether (sulfide) groups is 1. The molecule has 0 radical (unpaired) electrons. The van der Waals surface area contributed by atoms with Gasteiger partial charge in [-0.2, -0.15) is 0 Å². The highest BCUT2D eigenvalue weighted by molar-refractivity contribution is 7.99. The van der Waals surface area contributed by atoms with Crippen molar-refractivity contribution in [3.63, 3.8) is 0 Å². The maximum Gasteiger partial charge on any atom is 0.340 e. The van der Waals surface area contributed by atoms with Crippen molar-refractivity contribution in [3.05, 3.63) is 53.9 Å². The maximum absolute atomic E-state index is 12.4. The van der Waals surface area contributed by atoms with Crippen molar-refractivity contribution in [3.8, 4) is 5.75 Å². The first kappa shape index (κ1) is 22.4. The van der Waals surface area contributed by atoms with E-state index in [2.05, 4.69) is 39.2 Å². The van der Waals surface area contributed by atoms with Crippen molar-refractivity contribution in [1.29, 1.82) is 0 Å². The second-order valence-electron chi connectivity index (χ2n) is 7.38. The summed E-state index contributed by atoms with van der Waals surface area (Å²) < 4.78 is 11.3. The van der Waals surface area contributed by atoms with Crippen molar-refractivity contribution >= 4 is 34.5 Å². The molecule has 2 aromatic heterocycles. The van der Waals surface area contributed by atoms with Crippen molar-refractivity contribution < 1.29 is 14.3 Å². The van der Waals surface area contributed by atoms with Gasteiger partial charge in [-0.1, -0.05) is 13.0 Å². The molecular weight excluding hydrogens is 424 g/mol. The van der Waals surface area contributed by atoms with Crippen LogP contribution in [0.5, 0.6) is 5.75 Å². The van der Waals surface area contributed by atoms with Crippen molar-refractivity contribution in [2.24, 2.45) is 0 Å². The molecule has 0 bridgehead atoms. The molecule has 3 heterocycles. The number of nitrogens with one attached hydrogen (secondary N) is 1. The molecule has 8 heteroatoms. The fraction of sp³-hybridized carbons (Fsp3) is 0.375. The van der Waals surface area contributed by atoms with E-state index in [0.717, 1.165) is 64.9 Å². The van der Waals surface area contributed by atoms with Gasteiger partial charge in [-0.25, -0.2) is 9.78 Å². The topological polar surface area (TPSA) is 76.6 Å². The average Bonchev–Trinajstić information content (AvgIpc) is 2.84. The third-order valence-corrected chi connectivity index (χ3v) is 6.25. The summed E-state index contributed by atoms with van der Waals surface area (Å²) >= 11 is 1.61. The molecule has 3 aromatic rings. The van der Waals surface area contributed by atoms with E-state index in [-0.39, 0.29) is 5.97 Å². The number of hydrogen-bond donors (Lipinski definition) is 1. The van der Waals surface area contributed by atoms with Crippen LogP contribution in [0, 0.1) is 0 Å². The summed E-state index contributed by atoms with van der Waals surface area (Å²) in [6.07, 6.45) is 3.47. The fourth-order valence-electron chi connectivity index (χ4n) is 3.64. The zero-order valence-corrected chi connectivity index (χ0v) is 19.3. The molecule has 0 saturated carbocycles. The average molecular weight is 453 g/mol. The van der Waals surface area contributed by atoms with Gasteiger partial charge in [-0.3, -0.25) is 4.98 Å². The van der Waals surface area contributed by atoms with Crippen molar-refractivity contribution in [1.82, 2.24) is 15.3 Å². The SMILES string of the molecule is CCOC(=O)c1cnc2ccc(OCc3ccc(N4CCNCC4)nc3)cc2c1SCC. The predicted molar refractivity (Wildman–Crippen MR) is 128 cm³/mol. The number of aromatic nitrogens is 2. The summed E-state index contributed by atoms with van der Waals surface area (Å²) in [5.41, 5.74) is 2.32. The number of piperazine rings is 1. The van der Waals surface area contributed by atoms with E-state index in [9.17, 15) is 4.79 Å². The lowest BCUT2D eigenvalue weighted by atomic mass is 10.1. The molecule has 1 aromatic carbocycles. The molecule has 0 amide bonds. The molecule has 32 heavy (non-hydrogen) atoms. The van der Waals surface area contributed by atoms with Crippen LogP contribution in [0.4, 0.5) is 5.82 Å². The van der Waals surface area contributed by atoms with Gasteiger partial charge in [0.2, 0.25) is 0 Å². The number of pyridine rings is 2. The van der Waals surface area contributed by atoms with Gasteiger partial charge in [-0.05, 0) is 36.9 Å². The number of carbonyl (C=O) groups is 1. The van der Waals surface area contributed by atoms with Gasteiger partial charge in [0.25, 0.3) is 0 Å². The van der Waals surface area contributed by atoms with Gasteiger partial charge >= 0.3 is 5.97 Å². The van der Waals surface area contributed by atoms with Crippen LogP contribution in [0.15, 0.2) is 47.6 Å². The zero-order valence-electron chi connectivity index (χ0n) is 18.5. The number of benzene rings is 1. The van der Waals surface area contributed by atoms with Crippen LogP contribution < -0.4 is 15.0 Å². The molecule has 1 saturated heterocycles. The normalized spacial score (nSPS) is 13.9. The number of anilines is 1. The van der Waals surface area contributed by atoms with Crippen LogP contribution in [-0.2, 0) is 11.3 Å². The van der Waals surface area contributed by atoms with E-state index in [1.807, 2.05) is 24.4 Å². The Balaban J connectivity index is 1.51. The second kappa shape index (κ2) is 10.7. The summed E-state index contributed by atoms with van der Waals surface area (Å²) in [6, 6.07) is 9.89. The Hall–Kier alpha value is -2.84. The molecule has 168 valence electrons. The molecule has 7 nitrogen and oxygen atoms in total. The minimum atomic E-state index is -0.347. The Morgan fingerprint density at radius 2 is 1.97 bits per heavy atom. The number of rotatable bonds is 8. The molecule has 1 fully saturated rings. The standard InChI is InChI=1S/C24H28N4O3S/c1-3-30-24(29)20-15-26-21-7-6-18(13-19(21)23(20)32-4-2)31-16-17-5-8-22(27-14-17)28-11-9-25-10-12-28/h5-8,13-15,25H,3-4,9-12,16H2,1-2H3. The Morgan fingerprint density at radius 3 is 2.69 bits per heavy atom. The number of ether oxygens (including phenoxy) is 2. The zero-order chi connectivity index (χ0) is 22.3. The molecule has 0 atom stereocenters. The van der Waals surface area contributed by atoms with Gasteiger partial charge in [-0.15, -0.1) is 11.8 Å². The van der Waals surface area contributed by atoms with Crippen molar-refractivity contribution in [2.45, 2.75) is 25.3 Å². The van der Waals surface area contributed by atoms with Crippen LogP contribution in [-0.4, -0.2) is 54.5 Å². The van der Waals surface area contributed by atoms with Crippen LogP contribution in [0.1, 0.15) is 29.8 Å². The molecule has 1 aliphatic heterocycles. The van der Waals surface area contributed by atoms with Gasteiger partial charge in [0.05, 0.1) is 17.7 Å². The van der Waals surface area contributed by atoms with E-state index in [0.29, 0.717) is 18.8 Å². The summed E-state index contributed by atoms with van der Waals surface area (Å²) in [5, 5.41) is 4.25. The van der Waals surface area contributed by atoms with E-state index in [1.54, 1.807) is 24.9 Å². The van der Waals surface area contributed by atoms with Crippen LogP contribution in [0.3, 0.4) is 0 Å². The maximum atomic E-state index is 12.4. The van der Waals surface area contributed by atoms with E-state index < -0.39 is 0 Å². The minimum Gasteiger partial charge on any atom is -0.489 e. The molecule has 4 rings (SSSR count). The molecule has 1 aliphatic rings. The Kier molecular flexibility index (Phi) is 7.44. The third-order valence-electron chi connectivity index (χ3n) is 5.23. The van der Waals surface area contributed by atoms with E-state index in [4.69, 9.17) is 9.47 Å². The smallest absolute Gasteiger partial charge is 0.340 e. The number of carbonyl (C=O) groups excluding carboxylic acids is 1. The summed E-state index contributed by atoms with van der Waals surface area (Å²) in [7, 11) is 0.